The van der Waals surface area contributed by atoms with Gasteiger partial charge in [0.25, 0.3) is 0 Å². The number of nitrogens with zero attached hydrogens (tertiary/aromatic N) is 2. The molecule has 2 aliphatic rings. The van der Waals surface area contributed by atoms with E-state index >= 15 is 0 Å². The Morgan fingerprint density at radius 1 is 1.25 bits per heavy atom. The third-order valence-electron chi connectivity index (χ3n) is 4.07. The third-order valence-corrected chi connectivity index (χ3v) is 4.07. The first-order valence-electron chi connectivity index (χ1n) is 7.79. The van der Waals surface area contributed by atoms with Gasteiger partial charge in [0.2, 0.25) is 5.91 Å². The number of likely N-dealkylation sites (tertiary alicyclic amines) is 1. The highest BCUT2D eigenvalue weighted by atomic mass is 16.5. The molecule has 116 valence electrons. The molecule has 2 fully saturated rings. The zero-order chi connectivity index (χ0) is 14.6. The average molecular weight is 284 g/mol. The van der Waals surface area contributed by atoms with E-state index in [0.29, 0.717) is 13.1 Å². The Hall–Kier alpha value is -0.650. The van der Waals surface area contributed by atoms with Gasteiger partial charge < -0.3 is 14.7 Å². The Labute approximate surface area is 121 Å². The monoisotopic (exact) mass is 284 g/mol. The smallest absolute Gasteiger partial charge is 0.236 e. The van der Waals surface area contributed by atoms with Crippen LogP contribution in [0.3, 0.4) is 0 Å². The first kappa shape index (κ1) is 15.7. The van der Waals surface area contributed by atoms with E-state index in [4.69, 9.17) is 4.74 Å². The van der Waals surface area contributed by atoms with E-state index in [0.717, 1.165) is 32.5 Å². The van der Waals surface area contributed by atoms with Crippen LogP contribution < -0.4 is 0 Å². The molecule has 1 unspecified atom stereocenters. The van der Waals surface area contributed by atoms with Crippen molar-refractivity contribution in [1.29, 1.82) is 0 Å². The number of hydrogen-bond acceptors (Lipinski definition) is 4. The summed E-state index contributed by atoms with van der Waals surface area (Å²) < 4.78 is 5.78. The summed E-state index contributed by atoms with van der Waals surface area (Å²) >= 11 is 0. The molecule has 1 amide bonds. The molecule has 5 heteroatoms. The Bertz CT molecular complexity index is 325. The van der Waals surface area contributed by atoms with E-state index in [9.17, 15) is 9.90 Å². The fraction of sp³-hybridized carbons (Fsp3) is 0.933. The minimum Gasteiger partial charge on any atom is -0.394 e. The third kappa shape index (κ3) is 4.43. The number of aliphatic hydroxyl groups is 1. The lowest BCUT2D eigenvalue weighted by Crippen LogP contribution is -2.56. The lowest BCUT2D eigenvalue weighted by atomic mass is 10.1. The van der Waals surface area contributed by atoms with E-state index in [-0.39, 0.29) is 24.2 Å². The van der Waals surface area contributed by atoms with Crippen LogP contribution in [-0.4, -0.2) is 71.8 Å². The molecule has 0 aromatic carbocycles. The van der Waals surface area contributed by atoms with E-state index < -0.39 is 0 Å². The second-order valence-electron chi connectivity index (χ2n) is 6.65. The number of hydrogen-bond donors (Lipinski definition) is 1. The van der Waals surface area contributed by atoms with Crippen LogP contribution >= 0.6 is 0 Å². The Kier molecular flexibility index (Phi) is 5.41. The van der Waals surface area contributed by atoms with Gasteiger partial charge in [0.05, 0.1) is 24.9 Å². The Balaban J connectivity index is 1.89. The van der Waals surface area contributed by atoms with Gasteiger partial charge in [-0.05, 0) is 26.7 Å². The highest BCUT2D eigenvalue weighted by molar-refractivity contribution is 5.78. The molecular formula is C15H28N2O3. The lowest BCUT2D eigenvalue weighted by molar-refractivity contribution is -0.156. The van der Waals surface area contributed by atoms with Gasteiger partial charge in [-0.2, -0.15) is 0 Å². The van der Waals surface area contributed by atoms with Crippen molar-refractivity contribution in [2.45, 2.75) is 51.2 Å². The number of amides is 1. The van der Waals surface area contributed by atoms with Crippen LogP contribution in [0.5, 0.6) is 0 Å². The predicted molar refractivity (Wildman–Crippen MR) is 77.5 cm³/mol. The van der Waals surface area contributed by atoms with Crippen LogP contribution in [0.4, 0.5) is 0 Å². The van der Waals surface area contributed by atoms with Crippen LogP contribution in [0.25, 0.3) is 0 Å². The van der Waals surface area contributed by atoms with Crippen molar-refractivity contribution in [2.24, 2.45) is 0 Å². The van der Waals surface area contributed by atoms with E-state index in [1.165, 1.54) is 12.8 Å². The van der Waals surface area contributed by atoms with E-state index in [1.54, 1.807) is 0 Å². The van der Waals surface area contributed by atoms with E-state index in [2.05, 4.69) is 4.90 Å². The van der Waals surface area contributed by atoms with Crippen molar-refractivity contribution in [2.75, 3.05) is 39.3 Å². The van der Waals surface area contributed by atoms with Crippen molar-refractivity contribution in [3.8, 4) is 0 Å². The normalized spacial score (nSPS) is 28.1. The quantitative estimate of drug-likeness (QED) is 0.835. The molecule has 2 rings (SSSR count). The molecule has 0 saturated carbocycles. The summed E-state index contributed by atoms with van der Waals surface area (Å²) in [7, 11) is 0. The van der Waals surface area contributed by atoms with Crippen LogP contribution in [-0.2, 0) is 9.53 Å². The molecule has 2 aliphatic heterocycles. The number of ether oxygens (including phenoxy) is 1. The molecular weight excluding hydrogens is 256 g/mol. The minimum atomic E-state index is -0.301. The molecule has 2 heterocycles. The molecule has 0 spiro atoms. The van der Waals surface area contributed by atoms with Crippen molar-refractivity contribution >= 4 is 5.91 Å². The number of rotatable bonds is 3. The number of aliphatic hydroxyl groups excluding tert-OH is 1. The molecule has 0 aliphatic carbocycles. The minimum absolute atomic E-state index is 0.0117. The molecule has 1 N–H and O–H groups in total. The second-order valence-corrected chi connectivity index (χ2v) is 6.65. The molecule has 2 saturated heterocycles. The number of morpholine rings is 1. The van der Waals surface area contributed by atoms with E-state index in [1.807, 2.05) is 18.7 Å². The summed E-state index contributed by atoms with van der Waals surface area (Å²) in [5.41, 5.74) is -0.301. The topological polar surface area (TPSA) is 53.0 Å². The Morgan fingerprint density at radius 3 is 2.50 bits per heavy atom. The molecule has 20 heavy (non-hydrogen) atoms. The van der Waals surface area contributed by atoms with Gasteiger partial charge in [-0.25, -0.2) is 0 Å². The molecule has 0 radical (unpaired) electrons. The van der Waals surface area contributed by atoms with Gasteiger partial charge in [0.15, 0.2) is 0 Å². The highest BCUT2D eigenvalue weighted by Crippen LogP contribution is 2.21. The highest BCUT2D eigenvalue weighted by Gasteiger charge is 2.34. The maximum Gasteiger partial charge on any atom is 0.236 e. The SMILES string of the molecule is CC1(C)CN(CC(=O)N2CCCCCC2)CC(CO)O1. The summed E-state index contributed by atoms with van der Waals surface area (Å²) in [4.78, 5) is 16.5. The first-order valence-corrected chi connectivity index (χ1v) is 7.79. The maximum atomic E-state index is 12.4. The zero-order valence-electron chi connectivity index (χ0n) is 12.8. The van der Waals surface area contributed by atoms with Gasteiger partial charge in [0.1, 0.15) is 0 Å². The summed E-state index contributed by atoms with van der Waals surface area (Å²) in [5.74, 6) is 0.223. The van der Waals surface area contributed by atoms with Gasteiger partial charge in [-0.3, -0.25) is 9.69 Å². The molecule has 1 atom stereocenters. The standard InChI is InChI=1S/C15H28N2O3/c1-15(2)12-16(9-13(11-18)20-15)10-14(19)17-7-5-3-4-6-8-17/h13,18H,3-12H2,1-2H3. The van der Waals surface area contributed by atoms with Crippen LogP contribution in [0, 0.1) is 0 Å². The van der Waals surface area contributed by atoms with Gasteiger partial charge in [0, 0.05) is 26.2 Å². The number of carbonyl (C=O) groups is 1. The van der Waals surface area contributed by atoms with Crippen molar-refractivity contribution in [1.82, 2.24) is 9.80 Å². The molecule has 0 bridgehead atoms. The summed E-state index contributed by atoms with van der Waals surface area (Å²) in [5, 5.41) is 9.31. The lowest BCUT2D eigenvalue weighted by Gasteiger charge is -2.42. The molecule has 0 aromatic rings. The van der Waals surface area contributed by atoms with Crippen LogP contribution in [0.2, 0.25) is 0 Å². The van der Waals surface area contributed by atoms with Gasteiger partial charge in [-0.15, -0.1) is 0 Å². The molecule has 5 nitrogen and oxygen atoms in total. The van der Waals surface area contributed by atoms with Crippen molar-refractivity contribution in [3.63, 3.8) is 0 Å². The van der Waals surface area contributed by atoms with Gasteiger partial charge >= 0.3 is 0 Å². The Morgan fingerprint density at radius 2 is 1.90 bits per heavy atom. The summed E-state index contributed by atoms with van der Waals surface area (Å²) in [6, 6.07) is 0. The molecule has 0 aromatic heterocycles. The predicted octanol–water partition coefficient (Wildman–Crippen LogP) is 0.861. The van der Waals surface area contributed by atoms with Crippen LogP contribution in [0.1, 0.15) is 39.5 Å². The summed E-state index contributed by atoms with van der Waals surface area (Å²) in [6.07, 6.45) is 4.54. The first-order chi connectivity index (χ1) is 9.50. The summed E-state index contributed by atoms with van der Waals surface area (Å²) in [6.45, 7) is 7.66. The van der Waals surface area contributed by atoms with Crippen LogP contribution in [0.15, 0.2) is 0 Å². The second kappa shape index (κ2) is 6.87. The average Bonchev–Trinajstić information content (AvgIpc) is 2.65. The van der Waals surface area contributed by atoms with Crippen molar-refractivity contribution in [3.05, 3.63) is 0 Å². The van der Waals surface area contributed by atoms with Gasteiger partial charge in [-0.1, -0.05) is 12.8 Å². The van der Waals surface area contributed by atoms with Crippen molar-refractivity contribution < 1.29 is 14.6 Å². The largest absolute Gasteiger partial charge is 0.394 e. The number of carbonyl (C=O) groups excluding carboxylic acids is 1. The fourth-order valence-electron chi connectivity index (χ4n) is 3.24. The zero-order valence-corrected chi connectivity index (χ0v) is 12.8. The maximum absolute atomic E-state index is 12.4. The fourth-order valence-corrected chi connectivity index (χ4v) is 3.24.